The molecule has 0 unspecified atom stereocenters. The van der Waals surface area contributed by atoms with Crippen LogP contribution in [-0.2, 0) is 10.0 Å². The van der Waals surface area contributed by atoms with Gasteiger partial charge in [0.1, 0.15) is 16.5 Å². The van der Waals surface area contributed by atoms with Crippen molar-refractivity contribution in [1.82, 2.24) is 9.29 Å². The van der Waals surface area contributed by atoms with Gasteiger partial charge in [-0.1, -0.05) is 0 Å². The molecule has 1 amide bonds. The van der Waals surface area contributed by atoms with E-state index in [4.69, 9.17) is 0 Å². The van der Waals surface area contributed by atoms with Crippen LogP contribution in [-0.4, -0.2) is 36.7 Å². The molecule has 132 valence electrons. The number of anilines is 1. The first-order chi connectivity index (χ1) is 11.9. The monoisotopic (exact) mass is 363 g/mol. The van der Waals surface area contributed by atoms with Crippen LogP contribution in [0.15, 0.2) is 41.4 Å². The maximum Gasteiger partial charge on any atom is 0.256 e. The molecule has 1 saturated heterocycles. The molecule has 0 aliphatic carbocycles. The van der Waals surface area contributed by atoms with Crippen molar-refractivity contribution in [1.29, 1.82) is 0 Å². The first-order valence-corrected chi connectivity index (χ1v) is 9.35. The topological polar surface area (TPSA) is 79.4 Å². The Hall–Kier alpha value is -2.32. The van der Waals surface area contributed by atoms with Gasteiger partial charge in [0, 0.05) is 24.8 Å². The largest absolute Gasteiger partial charge is 0.307 e. The van der Waals surface area contributed by atoms with Gasteiger partial charge in [-0.3, -0.25) is 4.79 Å². The van der Waals surface area contributed by atoms with E-state index < -0.39 is 26.6 Å². The van der Waals surface area contributed by atoms with Crippen molar-refractivity contribution < 1.29 is 17.6 Å². The molecule has 8 heteroatoms. The predicted molar refractivity (Wildman–Crippen MR) is 91.3 cm³/mol. The molecule has 1 aromatic heterocycles. The molecule has 0 bridgehead atoms. The Bertz CT molecular complexity index is 909. The molecule has 1 N–H and O–H groups in total. The molecular formula is C17H18FN3O3S. The minimum Gasteiger partial charge on any atom is -0.307 e. The lowest BCUT2D eigenvalue weighted by Crippen LogP contribution is -2.29. The van der Waals surface area contributed by atoms with Crippen LogP contribution in [0, 0.1) is 12.7 Å². The average Bonchev–Trinajstić information content (AvgIpc) is 3.10. The van der Waals surface area contributed by atoms with E-state index in [9.17, 15) is 17.6 Å². The Morgan fingerprint density at radius 1 is 1.20 bits per heavy atom. The molecular weight excluding hydrogens is 345 g/mol. The molecule has 25 heavy (non-hydrogen) atoms. The summed E-state index contributed by atoms with van der Waals surface area (Å²) < 4.78 is 40.5. The van der Waals surface area contributed by atoms with Crippen molar-refractivity contribution in [2.45, 2.75) is 24.7 Å². The maximum absolute atomic E-state index is 14.1. The van der Waals surface area contributed by atoms with Crippen molar-refractivity contribution in [2.24, 2.45) is 0 Å². The molecule has 1 aliphatic heterocycles. The van der Waals surface area contributed by atoms with Gasteiger partial charge >= 0.3 is 0 Å². The van der Waals surface area contributed by atoms with Crippen LogP contribution in [0.25, 0.3) is 0 Å². The summed E-state index contributed by atoms with van der Waals surface area (Å²) in [5.41, 5.74) is 0.976. The summed E-state index contributed by atoms with van der Waals surface area (Å²) in [6.07, 6.45) is 3.05. The maximum atomic E-state index is 14.1. The zero-order chi connectivity index (χ0) is 18.0. The SMILES string of the molecule is Cc1ccnc(NC(=O)c2ccc(F)c(S(=O)(=O)N3CCCC3)c2)c1. The van der Waals surface area contributed by atoms with Gasteiger partial charge in [-0.05, 0) is 55.7 Å². The van der Waals surface area contributed by atoms with Gasteiger partial charge in [-0.25, -0.2) is 17.8 Å². The van der Waals surface area contributed by atoms with Crippen LogP contribution < -0.4 is 5.32 Å². The number of aryl methyl sites for hydroxylation is 1. The molecule has 0 saturated carbocycles. The molecule has 0 radical (unpaired) electrons. The molecule has 0 spiro atoms. The number of nitrogens with zero attached hydrogens (tertiary/aromatic N) is 2. The number of nitrogens with one attached hydrogen (secondary N) is 1. The number of amides is 1. The number of pyridine rings is 1. The van der Waals surface area contributed by atoms with E-state index in [0.717, 1.165) is 30.5 Å². The van der Waals surface area contributed by atoms with Crippen molar-refractivity contribution in [2.75, 3.05) is 18.4 Å². The van der Waals surface area contributed by atoms with Gasteiger partial charge < -0.3 is 5.32 Å². The fourth-order valence-electron chi connectivity index (χ4n) is 2.70. The first kappa shape index (κ1) is 17.5. The van der Waals surface area contributed by atoms with Crippen molar-refractivity contribution in [3.8, 4) is 0 Å². The number of hydrogen-bond acceptors (Lipinski definition) is 4. The third-order valence-electron chi connectivity index (χ3n) is 4.03. The normalized spacial score (nSPS) is 15.3. The second kappa shape index (κ2) is 6.89. The predicted octanol–water partition coefficient (Wildman–Crippen LogP) is 2.57. The molecule has 1 aliphatic rings. The standard InChI is InChI=1S/C17H18FN3O3S/c1-12-6-7-19-16(10-12)20-17(22)13-4-5-14(18)15(11-13)25(23,24)21-8-2-3-9-21/h4-7,10-11H,2-3,8-9H2,1H3,(H,19,20,22). The van der Waals surface area contributed by atoms with Gasteiger partial charge in [0.05, 0.1) is 0 Å². The van der Waals surface area contributed by atoms with Crippen molar-refractivity contribution in [3.05, 3.63) is 53.5 Å². The lowest BCUT2D eigenvalue weighted by molar-refractivity contribution is 0.102. The summed E-state index contributed by atoms with van der Waals surface area (Å²) in [5.74, 6) is -1.06. The van der Waals surface area contributed by atoms with Gasteiger partial charge in [-0.2, -0.15) is 4.31 Å². The minimum absolute atomic E-state index is 0.0579. The fourth-order valence-corrected chi connectivity index (χ4v) is 4.31. The lowest BCUT2D eigenvalue weighted by Gasteiger charge is -2.16. The third kappa shape index (κ3) is 3.69. The number of aromatic nitrogens is 1. The second-order valence-electron chi connectivity index (χ2n) is 5.93. The number of carbonyl (C=O) groups excluding carboxylic acids is 1. The molecule has 3 rings (SSSR count). The molecule has 2 heterocycles. The summed E-state index contributed by atoms with van der Waals surface area (Å²) in [6, 6.07) is 6.80. The van der Waals surface area contributed by atoms with E-state index in [2.05, 4.69) is 10.3 Å². The van der Waals surface area contributed by atoms with Crippen LogP contribution in [0.1, 0.15) is 28.8 Å². The Balaban J connectivity index is 1.89. The van der Waals surface area contributed by atoms with Crippen LogP contribution in [0.4, 0.5) is 10.2 Å². The summed E-state index contributed by atoms with van der Waals surface area (Å²) in [7, 11) is -3.94. The fraction of sp³-hybridized carbons (Fsp3) is 0.294. The van der Waals surface area contributed by atoms with Crippen molar-refractivity contribution >= 4 is 21.7 Å². The summed E-state index contributed by atoms with van der Waals surface area (Å²) in [6.45, 7) is 2.59. The van der Waals surface area contributed by atoms with Gasteiger partial charge in [-0.15, -0.1) is 0 Å². The number of benzene rings is 1. The molecule has 1 fully saturated rings. The average molecular weight is 363 g/mol. The van der Waals surface area contributed by atoms with E-state index in [1.54, 1.807) is 18.3 Å². The smallest absolute Gasteiger partial charge is 0.256 e. The second-order valence-corrected chi connectivity index (χ2v) is 7.84. The number of hydrogen-bond donors (Lipinski definition) is 1. The highest BCUT2D eigenvalue weighted by molar-refractivity contribution is 7.89. The van der Waals surface area contributed by atoms with E-state index >= 15 is 0 Å². The number of rotatable bonds is 4. The van der Waals surface area contributed by atoms with Crippen LogP contribution in [0.3, 0.4) is 0 Å². The quantitative estimate of drug-likeness (QED) is 0.905. The van der Waals surface area contributed by atoms with E-state index in [1.807, 2.05) is 6.92 Å². The van der Waals surface area contributed by atoms with E-state index in [0.29, 0.717) is 18.9 Å². The Kier molecular flexibility index (Phi) is 4.82. The first-order valence-electron chi connectivity index (χ1n) is 7.91. The zero-order valence-corrected chi connectivity index (χ0v) is 14.5. The third-order valence-corrected chi connectivity index (χ3v) is 5.95. The highest BCUT2D eigenvalue weighted by Crippen LogP contribution is 2.24. The van der Waals surface area contributed by atoms with Gasteiger partial charge in [0.25, 0.3) is 5.91 Å². The van der Waals surface area contributed by atoms with Crippen molar-refractivity contribution in [3.63, 3.8) is 0 Å². The highest BCUT2D eigenvalue weighted by atomic mass is 32.2. The Labute approximate surface area is 145 Å². The number of sulfonamides is 1. The van der Waals surface area contributed by atoms with Crippen LogP contribution >= 0.6 is 0 Å². The summed E-state index contributed by atoms with van der Waals surface area (Å²) in [4.78, 5) is 15.9. The van der Waals surface area contributed by atoms with E-state index in [-0.39, 0.29) is 5.56 Å². The molecule has 1 aromatic carbocycles. The molecule has 6 nitrogen and oxygen atoms in total. The van der Waals surface area contributed by atoms with Crippen LogP contribution in [0.5, 0.6) is 0 Å². The zero-order valence-electron chi connectivity index (χ0n) is 13.7. The summed E-state index contributed by atoms with van der Waals surface area (Å²) >= 11 is 0. The number of carbonyl (C=O) groups is 1. The van der Waals surface area contributed by atoms with Gasteiger partial charge in [0.15, 0.2) is 0 Å². The minimum atomic E-state index is -3.94. The Morgan fingerprint density at radius 2 is 1.92 bits per heavy atom. The summed E-state index contributed by atoms with van der Waals surface area (Å²) in [5, 5.41) is 2.59. The lowest BCUT2D eigenvalue weighted by atomic mass is 10.2. The van der Waals surface area contributed by atoms with Gasteiger partial charge in [0.2, 0.25) is 10.0 Å². The van der Waals surface area contributed by atoms with E-state index in [1.165, 1.54) is 10.4 Å². The Morgan fingerprint density at radius 3 is 2.60 bits per heavy atom. The number of halogens is 1. The highest BCUT2D eigenvalue weighted by Gasteiger charge is 2.30. The molecule has 0 atom stereocenters. The molecule has 2 aromatic rings. The van der Waals surface area contributed by atoms with Crippen LogP contribution in [0.2, 0.25) is 0 Å².